The maximum absolute atomic E-state index is 11.1. The maximum atomic E-state index is 11.1. The Morgan fingerprint density at radius 2 is 2.00 bits per heavy atom. The summed E-state index contributed by atoms with van der Waals surface area (Å²) in [5.74, 6) is 0. The molecule has 78 valence electrons. The highest BCUT2D eigenvalue weighted by Gasteiger charge is 2.07. The van der Waals surface area contributed by atoms with Crippen LogP contribution in [0.1, 0.15) is 11.1 Å². The minimum atomic E-state index is -3.17. The molecule has 0 aliphatic rings. The van der Waals surface area contributed by atoms with Gasteiger partial charge in [-0.15, -0.1) is 0 Å². The molecule has 0 radical (unpaired) electrons. The zero-order valence-corrected chi connectivity index (χ0v) is 10.2. The summed E-state index contributed by atoms with van der Waals surface area (Å²) in [4.78, 5) is 0. The number of nitrogens with one attached hydrogen (secondary N) is 1. The Labute approximate surface area is 92.7 Å². The first-order chi connectivity index (χ1) is 6.55. The van der Waals surface area contributed by atoms with Gasteiger partial charge in [0.25, 0.3) is 0 Å². The number of hydrogen-bond acceptors (Lipinski definition) is 2. The van der Waals surface area contributed by atoms with Crippen LogP contribution >= 0.6 is 15.9 Å². The summed E-state index contributed by atoms with van der Waals surface area (Å²) in [6.45, 7) is 2.30. The Hall–Kier alpha value is -0.390. The van der Waals surface area contributed by atoms with Crippen molar-refractivity contribution in [1.82, 2.24) is 4.72 Å². The van der Waals surface area contributed by atoms with Crippen molar-refractivity contribution in [3.05, 3.63) is 35.4 Å². The van der Waals surface area contributed by atoms with E-state index in [1.165, 1.54) is 0 Å². The van der Waals surface area contributed by atoms with Gasteiger partial charge in [-0.2, -0.15) is 0 Å². The van der Waals surface area contributed by atoms with Crippen molar-refractivity contribution in [3.8, 4) is 0 Å². The average molecular weight is 278 g/mol. The van der Waals surface area contributed by atoms with Crippen molar-refractivity contribution < 1.29 is 8.42 Å². The molecule has 0 amide bonds. The molecule has 1 aromatic rings. The van der Waals surface area contributed by atoms with Gasteiger partial charge >= 0.3 is 0 Å². The smallest absolute Gasteiger partial charge is 0.212 e. The molecule has 0 spiro atoms. The third kappa shape index (κ3) is 3.40. The van der Waals surface area contributed by atoms with E-state index >= 15 is 0 Å². The Kier molecular flexibility index (Phi) is 4.10. The Balaban J connectivity index is 2.68. The predicted octanol–water partition coefficient (Wildman–Crippen LogP) is 1.77. The highest BCUT2D eigenvalue weighted by atomic mass is 79.9. The Bertz CT molecular complexity index is 403. The first-order valence-corrected chi connectivity index (χ1v) is 6.90. The van der Waals surface area contributed by atoms with Gasteiger partial charge in [0.2, 0.25) is 10.0 Å². The highest BCUT2D eigenvalue weighted by Crippen LogP contribution is 2.06. The quantitative estimate of drug-likeness (QED) is 0.853. The van der Waals surface area contributed by atoms with Gasteiger partial charge in [0.15, 0.2) is 0 Å². The highest BCUT2D eigenvalue weighted by molar-refractivity contribution is 9.10. The summed E-state index contributed by atoms with van der Waals surface area (Å²) in [5.41, 5.74) is 2.08. The molecule has 0 unspecified atom stereocenters. The van der Waals surface area contributed by atoms with E-state index in [-0.39, 0.29) is 4.66 Å². The number of hydrogen-bond donors (Lipinski definition) is 1. The van der Waals surface area contributed by atoms with E-state index in [4.69, 9.17) is 0 Å². The van der Waals surface area contributed by atoms with Gasteiger partial charge in [0, 0.05) is 6.54 Å². The zero-order chi connectivity index (χ0) is 10.6. The molecule has 0 heterocycles. The summed E-state index contributed by atoms with van der Waals surface area (Å²) >= 11 is 2.91. The van der Waals surface area contributed by atoms with Crippen LogP contribution in [0, 0.1) is 6.92 Å². The SMILES string of the molecule is Cc1ccccc1CNS(=O)(=O)CBr. The van der Waals surface area contributed by atoms with E-state index in [9.17, 15) is 8.42 Å². The van der Waals surface area contributed by atoms with Crippen LogP contribution in [-0.4, -0.2) is 13.1 Å². The topological polar surface area (TPSA) is 46.2 Å². The molecule has 0 saturated heterocycles. The van der Waals surface area contributed by atoms with E-state index in [1.54, 1.807) is 0 Å². The molecular weight excluding hydrogens is 266 g/mol. The standard InChI is InChI=1S/C9H12BrNO2S/c1-8-4-2-3-5-9(8)6-11-14(12,13)7-10/h2-5,11H,6-7H2,1H3. The third-order valence-electron chi connectivity index (χ3n) is 1.89. The van der Waals surface area contributed by atoms with Gasteiger partial charge in [-0.25, -0.2) is 13.1 Å². The van der Waals surface area contributed by atoms with Crippen LogP contribution in [0.15, 0.2) is 24.3 Å². The van der Waals surface area contributed by atoms with Crippen LogP contribution in [0.4, 0.5) is 0 Å². The molecule has 0 bridgehead atoms. The fourth-order valence-corrected chi connectivity index (χ4v) is 1.97. The van der Waals surface area contributed by atoms with E-state index in [2.05, 4.69) is 20.7 Å². The van der Waals surface area contributed by atoms with Crippen LogP contribution in [-0.2, 0) is 16.6 Å². The van der Waals surface area contributed by atoms with E-state index < -0.39 is 10.0 Å². The second-order valence-electron chi connectivity index (χ2n) is 2.97. The Morgan fingerprint density at radius 3 is 2.57 bits per heavy atom. The predicted molar refractivity (Wildman–Crippen MR) is 60.7 cm³/mol. The third-order valence-corrected chi connectivity index (χ3v) is 4.57. The molecule has 0 atom stereocenters. The van der Waals surface area contributed by atoms with Crippen molar-refractivity contribution >= 4 is 26.0 Å². The number of alkyl halides is 1. The molecule has 0 aliphatic carbocycles. The minimum absolute atomic E-state index is 0.0636. The lowest BCUT2D eigenvalue weighted by molar-refractivity contribution is 0.586. The molecule has 14 heavy (non-hydrogen) atoms. The first kappa shape index (κ1) is 11.7. The summed E-state index contributed by atoms with van der Waals surface area (Å²) in [6.07, 6.45) is 0. The van der Waals surface area contributed by atoms with Gasteiger partial charge in [0.05, 0.1) is 0 Å². The van der Waals surface area contributed by atoms with Crippen LogP contribution in [0.2, 0.25) is 0 Å². The van der Waals surface area contributed by atoms with Crippen molar-refractivity contribution in [2.45, 2.75) is 13.5 Å². The van der Waals surface area contributed by atoms with Gasteiger partial charge in [0.1, 0.15) is 4.66 Å². The minimum Gasteiger partial charge on any atom is -0.212 e. The van der Waals surface area contributed by atoms with Crippen LogP contribution < -0.4 is 4.72 Å². The number of rotatable bonds is 4. The molecule has 3 nitrogen and oxygen atoms in total. The summed E-state index contributed by atoms with van der Waals surface area (Å²) in [6, 6.07) is 7.69. The normalized spacial score (nSPS) is 11.6. The summed E-state index contributed by atoms with van der Waals surface area (Å²) in [7, 11) is -3.17. The molecule has 1 rings (SSSR count). The lowest BCUT2D eigenvalue weighted by Gasteiger charge is -2.06. The van der Waals surface area contributed by atoms with Crippen LogP contribution in [0.5, 0.6) is 0 Å². The van der Waals surface area contributed by atoms with Crippen molar-refractivity contribution in [3.63, 3.8) is 0 Å². The largest absolute Gasteiger partial charge is 0.221 e. The fraction of sp³-hybridized carbons (Fsp3) is 0.333. The van der Waals surface area contributed by atoms with Gasteiger partial charge < -0.3 is 0 Å². The lowest BCUT2D eigenvalue weighted by Crippen LogP contribution is -2.24. The van der Waals surface area contributed by atoms with Gasteiger partial charge in [-0.3, -0.25) is 0 Å². The number of aryl methyl sites for hydroxylation is 1. The summed E-state index contributed by atoms with van der Waals surface area (Å²) in [5, 5.41) is 0. The van der Waals surface area contributed by atoms with Crippen LogP contribution in [0.3, 0.4) is 0 Å². The Morgan fingerprint density at radius 1 is 1.36 bits per heavy atom. The molecule has 5 heteroatoms. The number of benzene rings is 1. The second kappa shape index (κ2) is 4.91. The zero-order valence-electron chi connectivity index (χ0n) is 7.83. The first-order valence-electron chi connectivity index (χ1n) is 4.13. The fourth-order valence-electron chi connectivity index (χ4n) is 1.03. The molecule has 0 aromatic heterocycles. The van der Waals surface area contributed by atoms with E-state index in [0.29, 0.717) is 6.54 Å². The van der Waals surface area contributed by atoms with Crippen LogP contribution in [0.25, 0.3) is 0 Å². The molecule has 0 fully saturated rings. The van der Waals surface area contributed by atoms with Gasteiger partial charge in [-0.05, 0) is 18.1 Å². The van der Waals surface area contributed by atoms with Crippen molar-refractivity contribution in [1.29, 1.82) is 0 Å². The molecule has 0 aliphatic heterocycles. The number of sulfonamides is 1. The average Bonchev–Trinajstić information content (AvgIpc) is 2.17. The number of halogens is 1. The van der Waals surface area contributed by atoms with Crippen molar-refractivity contribution in [2.24, 2.45) is 0 Å². The van der Waals surface area contributed by atoms with E-state index in [1.807, 2.05) is 31.2 Å². The molecule has 1 aromatic carbocycles. The molecule has 0 saturated carbocycles. The van der Waals surface area contributed by atoms with E-state index in [0.717, 1.165) is 11.1 Å². The lowest BCUT2D eigenvalue weighted by atomic mass is 10.1. The van der Waals surface area contributed by atoms with Gasteiger partial charge in [-0.1, -0.05) is 40.2 Å². The van der Waals surface area contributed by atoms with Crippen molar-refractivity contribution in [2.75, 3.05) is 4.66 Å². The molecule has 1 N–H and O–H groups in total. The molecular formula is C9H12BrNO2S. The second-order valence-corrected chi connectivity index (χ2v) is 6.08. The monoisotopic (exact) mass is 277 g/mol. The maximum Gasteiger partial charge on any atom is 0.221 e. The summed E-state index contributed by atoms with van der Waals surface area (Å²) < 4.78 is 24.7.